The van der Waals surface area contributed by atoms with Gasteiger partial charge in [-0.3, -0.25) is 0 Å². The van der Waals surface area contributed by atoms with E-state index >= 15 is 0 Å². The van der Waals surface area contributed by atoms with E-state index in [4.69, 9.17) is 19.2 Å². The largest absolute Gasteiger partial charge is 2.00 e. The van der Waals surface area contributed by atoms with Gasteiger partial charge in [0.2, 0.25) is 0 Å². The molecule has 8 heteroatoms. The molecule has 0 aromatic rings. The second-order valence-electron chi connectivity index (χ2n) is 0.513. The minimum atomic E-state index is -4.64. The minimum absolute atomic E-state index is 0. The zero-order valence-electron chi connectivity index (χ0n) is 4.90. The van der Waals surface area contributed by atoms with Crippen molar-refractivity contribution in [2.45, 2.75) is 0 Å². The first-order valence-corrected chi connectivity index (χ1v) is 2.35. The van der Waals surface area contributed by atoms with E-state index in [0.717, 1.165) is 0 Å². The van der Waals surface area contributed by atoms with E-state index in [-0.39, 0.29) is 60.6 Å². The summed E-state index contributed by atoms with van der Waals surface area (Å²) in [6.45, 7) is 0. The molecule has 8 heavy (non-hydrogen) atoms. The Morgan fingerprint density at radius 3 is 1.12 bits per heavy atom. The molecule has 4 nitrogen and oxygen atoms in total. The Kier molecular flexibility index (Phi) is 25.2. The Hall–Kier alpha value is 1.94. The van der Waals surface area contributed by atoms with Crippen LogP contribution in [0.1, 0.15) is 2.85 Å². The average Bonchev–Trinajstić information content (AvgIpc) is 0.722. The van der Waals surface area contributed by atoms with E-state index in [1.165, 1.54) is 0 Å². The van der Waals surface area contributed by atoms with E-state index in [9.17, 15) is 0 Å². The summed E-state index contributed by atoms with van der Waals surface area (Å²) in [5, 5.41) is 0. The van der Waals surface area contributed by atoms with Crippen molar-refractivity contribution in [1.29, 1.82) is 0 Å². The third kappa shape index (κ3) is 102. The Morgan fingerprint density at radius 1 is 1.12 bits per heavy atom. The average molecular weight is 184 g/mol. The van der Waals surface area contributed by atoms with Crippen LogP contribution in [0.3, 0.4) is 0 Å². The van der Waals surface area contributed by atoms with Gasteiger partial charge in [-0.2, -0.15) is 0 Å². The van der Waals surface area contributed by atoms with Crippen LogP contribution in [-0.4, -0.2) is 72.5 Å². The molecular weight excluding hydrogens is 173 g/mol. The summed E-state index contributed by atoms with van der Waals surface area (Å²) < 4.78 is 8.88. The summed E-state index contributed by atoms with van der Waals surface area (Å²) in [7, 11) is -4.64. The number of rotatable bonds is 0. The van der Waals surface area contributed by atoms with Crippen molar-refractivity contribution in [3.05, 3.63) is 0 Å². The van der Waals surface area contributed by atoms with Crippen LogP contribution in [0.25, 0.3) is 0 Å². The van der Waals surface area contributed by atoms with Crippen LogP contribution in [-0.2, 0) is 4.57 Å². The second kappa shape index (κ2) is 8.94. The molecule has 0 aromatic carbocycles. The first kappa shape index (κ1) is 22.5. The number of phosphoric acid groups is 1. The fourth-order valence-corrected chi connectivity index (χ4v) is 0. The zero-order valence-corrected chi connectivity index (χ0v) is 5.21. The predicted molar refractivity (Wildman–Crippen MR) is 42.1 cm³/mol. The third-order valence-corrected chi connectivity index (χ3v) is 0. The van der Waals surface area contributed by atoms with Crippen LogP contribution in [0.5, 0.6) is 0 Å². The molecule has 0 aliphatic carbocycles. The number of hydrogen-bond donors (Lipinski definition) is 3. The van der Waals surface area contributed by atoms with Crippen molar-refractivity contribution in [2.75, 3.05) is 0 Å². The van der Waals surface area contributed by atoms with E-state index in [1.807, 2.05) is 0 Å². The predicted octanol–water partition coefficient (Wildman–Crippen LogP) is -3.45. The van der Waals surface area contributed by atoms with Crippen LogP contribution < -0.4 is 0 Å². The van der Waals surface area contributed by atoms with Crippen molar-refractivity contribution in [2.24, 2.45) is 0 Å². The molecule has 0 bridgehead atoms. The van der Waals surface area contributed by atoms with Gasteiger partial charge in [0, 0.05) is 0 Å². The molecule has 0 atom stereocenters. The normalized spacial score (nSPS) is 7.38. The van der Waals surface area contributed by atoms with Crippen molar-refractivity contribution in [1.82, 2.24) is 0 Å². The maximum absolute atomic E-state index is 8.88. The van der Waals surface area contributed by atoms with Gasteiger partial charge in [0.05, 0.1) is 0 Å². The third-order valence-electron chi connectivity index (χ3n) is 0. The molecule has 0 aromatic heterocycles. The van der Waals surface area contributed by atoms with Crippen molar-refractivity contribution < 1.29 is 22.1 Å². The molecule has 0 spiro atoms. The van der Waals surface area contributed by atoms with Gasteiger partial charge in [-0.25, -0.2) is 4.57 Å². The number of hydrogen-bond acceptors (Lipinski definition) is 1. The first-order chi connectivity index (χ1) is 2.00. The quantitative estimate of drug-likeness (QED) is 0.270. The maximum atomic E-state index is 8.88. The Labute approximate surface area is 87.3 Å². The Bertz CT molecular complexity index is 67.4. The van der Waals surface area contributed by atoms with Gasteiger partial charge in [-0.1, -0.05) is 0 Å². The summed E-state index contributed by atoms with van der Waals surface area (Å²) in [5.74, 6) is 0. The minimum Gasteiger partial charge on any atom is -1.00 e. The molecular formula is H11Al2MgO4P. The zero-order chi connectivity index (χ0) is 4.50. The van der Waals surface area contributed by atoms with E-state index in [2.05, 4.69) is 0 Å². The second-order valence-corrected chi connectivity index (χ2v) is 1.54. The molecule has 3 N–H and O–H groups in total. The van der Waals surface area contributed by atoms with Crippen LogP contribution in [0.15, 0.2) is 0 Å². The van der Waals surface area contributed by atoms with Gasteiger partial charge in [0.15, 0.2) is 34.7 Å². The molecule has 0 fully saturated rings. The standard InChI is InChI=1S/2Al.Mg.H3O4P.8H/c;;;1-5(2,3)4;;;;;;;;/h;;;(H3,1,2,3,4);;;;;;;;/q;;+2;;;;;;;;2*-1. The van der Waals surface area contributed by atoms with E-state index in [1.54, 1.807) is 0 Å². The van der Waals surface area contributed by atoms with Crippen LogP contribution in [0, 0.1) is 0 Å². The van der Waals surface area contributed by atoms with Gasteiger partial charge in [-0.05, 0) is 0 Å². The smallest absolute Gasteiger partial charge is 1.00 e. The SMILES string of the molecule is O=P(O)(O)O.[AlH3].[AlH3].[H-].[H-].[Mg+2]. The molecule has 0 heterocycles. The maximum Gasteiger partial charge on any atom is 2.00 e. The molecule has 0 saturated heterocycles. The molecule has 0 rings (SSSR count). The van der Waals surface area contributed by atoms with Crippen LogP contribution in [0.2, 0.25) is 0 Å². The van der Waals surface area contributed by atoms with Gasteiger partial charge >= 0.3 is 30.9 Å². The molecule has 0 unspecified atom stereocenters. The van der Waals surface area contributed by atoms with E-state index < -0.39 is 7.82 Å². The summed E-state index contributed by atoms with van der Waals surface area (Å²) in [6.07, 6.45) is 0. The van der Waals surface area contributed by atoms with Crippen LogP contribution >= 0.6 is 7.82 Å². The van der Waals surface area contributed by atoms with Gasteiger partial charge < -0.3 is 17.5 Å². The van der Waals surface area contributed by atoms with Crippen molar-refractivity contribution in [3.63, 3.8) is 0 Å². The van der Waals surface area contributed by atoms with Crippen molar-refractivity contribution in [3.8, 4) is 0 Å². The van der Waals surface area contributed by atoms with Crippen LogP contribution in [0.4, 0.5) is 0 Å². The van der Waals surface area contributed by atoms with Gasteiger partial charge in [-0.15, -0.1) is 0 Å². The summed E-state index contributed by atoms with van der Waals surface area (Å²) in [6, 6.07) is 0. The van der Waals surface area contributed by atoms with Crippen molar-refractivity contribution >= 4 is 65.6 Å². The fourth-order valence-electron chi connectivity index (χ4n) is 0. The van der Waals surface area contributed by atoms with Gasteiger partial charge in [0.25, 0.3) is 0 Å². The Balaban J connectivity index is -0.00000000800. The topological polar surface area (TPSA) is 77.8 Å². The molecule has 0 radical (unpaired) electrons. The van der Waals surface area contributed by atoms with Gasteiger partial charge in [0.1, 0.15) is 0 Å². The summed E-state index contributed by atoms with van der Waals surface area (Å²) in [5.41, 5.74) is 0. The molecule has 0 amide bonds. The molecule has 0 aliphatic heterocycles. The Morgan fingerprint density at radius 2 is 1.12 bits per heavy atom. The molecule has 0 aliphatic rings. The first-order valence-electron chi connectivity index (χ1n) is 0.783. The monoisotopic (exact) mass is 184 g/mol. The van der Waals surface area contributed by atoms with E-state index in [0.29, 0.717) is 0 Å². The summed E-state index contributed by atoms with van der Waals surface area (Å²) >= 11 is 0. The summed E-state index contributed by atoms with van der Waals surface area (Å²) in [4.78, 5) is 21.6. The fraction of sp³-hybridized carbons (Fsp3) is 0. The molecule has 48 valence electrons. The molecule has 0 saturated carbocycles.